The molecule has 1 rings (SSSR count). The van der Waals surface area contributed by atoms with Gasteiger partial charge in [0.05, 0.1) is 30.9 Å². The van der Waals surface area contributed by atoms with E-state index in [2.05, 4.69) is 0 Å². The summed E-state index contributed by atoms with van der Waals surface area (Å²) in [6.45, 7) is -0.412. The maximum Gasteiger partial charge on any atom is 0.338 e. The van der Waals surface area contributed by atoms with E-state index in [1.165, 1.54) is 13.2 Å². The zero-order valence-electron chi connectivity index (χ0n) is 9.92. The number of hydrogen-bond donors (Lipinski definition) is 1. The van der Waals surface area contributed by atoms with Gasteiger partial charge in [-0.25, -0.2) is 4.79 Å². The standard InChI is InChI=1S/C13H13NO4/c1-17-12-4-2-11(3-5-12)13(16)18-7-6-10(8-14)9-15/h2-6,15H,7,9H2,1H3/b10-6+. The molecule has 0 spiro atoms. The van der Waals surface area contributed by atoms with Crippen molar-refractivity contribution in [2.45, 2.75) is 0 Å². The van der Waals surface area contributed by atoms with Crippen LogP contribution in [-0.4, -0.2) is 31.4 Å². The molecule has 1 N–H and O–H groups in total. The van der Waals surface area contributed by atoms with Gasteiger partial charge < -0.3 is 14.6 Å². The first-order chi connectivity index (χ1) is 8.71. The predicted molar refractivity (Wildman–Crippen MR) is 64.1 cm³/mol. The van der Waals surface area contributed by atoms with Crippen molar-refractivity contribution in [2.24, 2.45) is 0 Å². The van der Waals surface area contributed by atoms with E-state index in [0.29, 0.717) is 11.3 Å². The molecule has 1 aromatic carbocycles. The fourth-order valence-electron chi connectivity index (χ4n) is 1.17. The van der Waals surface area contributed by atoms with Gasteiger partial charge in [0.2, 0.25) is 0 Å². The molecule has 0 aliphatic heterocycles. The van der Waals surface area contributed by atoms with E-state index in [1.54, 1.807) is 30.3 Å². The number of aliphatic hydroxyl groups is 1. The smallest absolute Gasteiger partial charge is 0.338 e. The van der Waals surface area contributed by atoms with Gasteiger partial charge >= 0.3 is 5.97 Å². The molecule has 0 aromatic heterocycles. The van der Waals surface area contributed by atoms with Crippen LogP contribution in [0, 0.1) is 11.3 Å². The Morgan fingerprint density at radius 3 is 2.61 bits per heavy atom. The lowest BCUT2D eigenvalue weighted by atomic mass is 10.2. The molecule has 0 aliphatic carbocycles. The summed E-state index contributed by atoms with van der Waals surface area (Å²) in [5, 5.41) is 17.3. The highest BCUT2D eigenvalue weighted by Gasteiger charge is 2.06. The molecule has 0 bridgehead atoms. The molecule has 5 nitrogen and oxygen atoms in total. The lowest BCUT2D eigenvalue weighted by molar-refractivity contribution is 0.0548. The molecule has 0 heterocycles. The molecule has 94 valence electrons. The molecule has 0 saturated carbocycles. The molecular formula is C13H13NO4. The van der Waals surface area contributed by atoms with Gasteiger partial charge in [-0.15, -0.1) is 0 Å². The van der Waals surface area contributed by atoms with Crippen LogP contribution in [0.3, 0.4) is 0 Å². The zero-order valence-corrected chi connectivity index (χ0v) is 9.92. The number of carbonyl (C=O) groups excluding carboxylic acids is 1. The number of methoxy groups -OCH3 is 1. The highest BCUT2D eigenvalue weighted by atomic mass is 16.5. The highest BCUT2D eigenvalue weighted by Crippen LogP contribution is 2.12. The van der Waals surface area contributed by atoms with Gasteiger partial charge in [-0.1, -0.05) is 0 Å². The topological polar surface area (TPSA) is 79.5 Å². The average Bonchev–Trinajstić information content (AvgIpc) is 2.43. The van der Waals surface area contributed by atoms with E-state index in [0.717, 1.165) is 0 Å². The van der Waals surface area contributed by atoms with Crippen molar-refractivity contribution in [3.05, 3.63) is 41.5 Å². The van der Waals surface area contributed by atoms with Gasteiger partial charge in [-0.3, -0.25) is 0 Å². The number of esters is 1. The van der Waals surface area contributed by atoms with E-state index in [4.69, 9.17) is 19.8 Å². The predicted octanol–water partition coefficient (Wildman–Crippen LogP) is 1.29. The van der Waals surface area contributed by atoms with Crippen molar-refractivity contribution in [1.82, 2.24) is 0 Å². The Bertz CT molecular complexity index is 471. The Kier molecular flexibility index (Phi) is 5.42. The summed E-state index contributed by atoms with van der Waals surface area (Å²) in [6.07, 6.45) is 1.36. The summed E-state index contributed by atoms with van der Waals surface area (Å²) in [5.41, 5.74) is 0.559. The average molecular weight is 247 g/mol. The Balaban J connectivity index is 2.55. The Labute approximate surface area is 105 Å². The summed E-state index contributed by atoms with van der Waals surface area (Å²) in [7, 11) is 1.54. The number of hydrogen-bond acceptors (Lipinski definition) is 5. The first-order valence-corrected chi connectivity index (χ1v) is 5.22. The Morgan fingerprint density at radius 1 is 1.44 bits per heavy atom. The van der Waals surface area contributed by atoms with Gasteiger partial charge in [-0.05, 0) is 30.3 Å². The van der Waals surface area contributed by atoms with Crippen LogP contribution in [0.1, 0.15) is 10.4 Å². The SMILES string of the molecule is COc1ccc(C(=O)OC/C=C(\C#N)CO)cc1. The molecule has 0 atom stereocenters. The van der Waals surface area contributed by atoms with Gasteiger partial charge in [-0.2, -0.15) is 5.26 Å². The largest absolute Gasteiger partial charge is 0.497 e. The van der Waals surface area contributed by atoms with Crippen molar-refractivity contribution in [3.8, 4) is 11.8 Å². The van der Waals surface area contributed by atoms with E-state index in [9.17, 15) is 4.79 Å². The molecule has 18 heavy (non-hydrogen) atoms. The van der Waals surface area contributed by atoms with Crippen molar-refractivity contribution < 1.29 is 19.4 Å². The van der Waals surface area contributed by atoms with Crippen LogP contribution in [0.4, 0.5) is 0 Å². The van der Waals surface area contributed by atoms with Gasteiger partial charge in [0.15, 0.2) is 0 Å². The van der Waals surface area contributed by atoms with E-state index in [1.807, 2.05) is 0 Å². The molecule has 0 unspecified atom stereocenters. The second kappa shape index (κ2) is 7.09. The summed E-state index contributed by atoms with van der Waals surface area (Å²) in [5.74, 6) is 0.155. The number of carbonyl (C=O) groups is 1. The molecule has 0 amide bonds. The zero-order chi connectivity index (χ0) is 13.4. The number of ether oxygens (including phenoxy) is 2. The molecule has 0 aliphatic rings. The molecule has 0 radical (unpaired) electrons. The third-order valence-corrected chi connectivity index (χ3v) is 2.18. The van der Waals surface area contributed by atoms with E-state index < -0.39 is 5.97 Å². The van der Waals surface area contributed by atoms with Crippen LogP contribution in [0.5, 0.6) is 5.75 Å². The molecule has 0 saturated heterocycles. The lowest BCUT2D eigenvalue weighted by Crippen LogP contribution is -2.05. The van der Waals surface area contributed by atoms with Gasteiger partial charge in [0, 0.05) is 0 Å². The second-order valence-electron chi connectivity index (χ2n) is 3.33. The fraction of sp³-hybridized carbons (Fsp3) is 0.231. The fourth-order valence-corrected chi connectivity index (χ4v) is 1.17. The maximum atomic E-state index is 11.6. The quantitative estimate of drug-likeness (QED) is 0.626. The minimum atomic E-state index is -0.496. The summed E-state index contributed by atoms with van der Waals surface area (Å²) in [4.78, 5) is 11.6. The monoisotopic (exact) mass is 247 g/mol. The van der Waals surface area contributed by atoms with E-state index >= 15 is 0 Å². The Hall–Kier alpha value is -2.32. The molecular weight excluding hydrogens is 234 g/mol. The third kappa shape index (κ3) is 3.92. The number of benzene rings is 1. The Morgan fingerprint density at radius 2 is 2.11 bits per heavy atom. The van der Waals surface area contributed by atoms with Crippen molar-refractivity contribution >= 4 is 5.97 Å². The van der Waals surface area contributed by atoms with Crippen LogP contribution in [-0.2, 0) is 4.74 Å². The molecule has 0 fully saturated rings. The van der Waals surface area contributed by atoms with Crippen molar-refractivity contribution in [3.63, 3.8) is 0 Å². The molecule has 1 aromatic rings. The maximum absolute atomic E-state index is 11.6. The van der Waals surface area contributed by atoms with Crippen LogP contribution >= 0.6 is 0 Å². The van der Waals surface area contributed by atoms with E-state index in [-0.39, 0.29) is 18.8 Å². The second-order valence-corrected chi connectivity index (χ2v) is 3.33. The molecule has 5 heteroatoms. The minimum absolute atomic E-state index is 0.0473. The first-order valence-electron chi connectivity index (χ1n) is 5.22. The normalized spacial score (nSPS) is 10.6. The number of nitriles is 1. The first kappa shape index (κ1) is 13.7. The number of nitrogens with zero attached hydrogens (tertiary/aromatic N) is 1. The summed E-state index contributed by atoms with van der Waals surface area (Å²) < 4.78 is 9.88. The van der Waals surface area contributed by atoms with Gasteiger partial charge in [0.1, 0.15) is 12.4 Å². The van der Waals surface area contributed by atoms with Crippen molar-refractivity contribution in [2.75, 3.05) is 20.3 Å². The van der Waals surface area contributed by atoms with Crippen LogP contribution < -0.4 is 4.74 Å². The minimum Gasteiger partial charge on any atom is -0.497 e. The van der Waals surface area contributed by atoms with Gasteiger partial charge in [0.25, 0.3) is 0 Å². The lowest BCUT2D eigenvalue weighted by Gasteiger charge is -2.03. The van der Waals surface area contributed by atoms with Crippen LogP contribution in [0.25, 0.3) is 0 Å². The number of aliphatic hydroxyl groups excluding tert-OH is 1. The van der Waals surface area contributed by atoms with Crippen LogP contribution in [0.2, 0.25) is 0 Å². The number of rotatable bonds is 5. The highest BCUT2D eigenvalue weighted by molar-refractivity contribution is 5.89. The van der Waals surface area contributed by atoms with Crippen molar-refractivity contribution in [1.29, 1.82) is 5.26 Å². The third-order valence-electron chi connectivity index (χ3n) is 2.18. The van der Waals surface area contributed by atoms with Crippen LogP contribution in [0.15, 0.2) is 35.9 Å². The summed E-state index contributed by atoms with van der Waals surface area (Å²) in [6, 6.07) is 8.26. The summed E-state index contributed by atoms with van der Waals surface area (Å²) >= 11 is 0.